The van der Waals surface area contributed by atoms with Crippen molar-refractivity contribution >= 4 is 17.7 Å². The Bertz CT molecular complexity index is 672. The van der Waals surface area contributed by atoms with Gasteiger partial charge in [0.2, 0.25) is 0 Å². The molecule has 0 bridgehead atoms. The highest BCUT2D eigenvalue weighted by atomic mass is 16.5. The topological polar surface area (TPSA) is 80.7 Å². The number of hydrogen-bond donors (Lipinski definition) is 1. The molecule has 4 fully saturated rings. The molecule has 156 valence electrons. The monoisotopic (exact) mass is 390 g/mol. The second kappa shape index (κ2) is 7.14. The molecule has 4 aliphatic rings. The molecule has 0 unspecified atom stereocenters. The molecule has 5 heteroatoms. The number of aliphatic carboxylic acids is 1. The van der Waals surface area contributed by atoms with Crippen molar-refractivity contribution in [1.29, 1.82) is 0 Å². The molecule has 5 nitrogen and oxygen atoms in total. The van der Waals surface area contributed by atoms with Crippen LogP contribution in [0.1, 0.15) is 84.5 Å². The van der Waals surface area contributed by atoms with Crippen LogP contribution in [0.4, 0.5) is 0 Å². The molecule has 0 aromatic rings. The summed E-state index contributed by atoms with van der Waals surface area (Å²) in [7, 11) is 0. The van der Waals surface area contributed by atoms with Gasteiger partial charge in [-0.15, -0.1) is 0 Å². The van der Waals surface area contributed by atoms with E-state index in [1.54, 1.807) is 0 Å². The Morgan fingerprint density at radius 2 is 1.82 bits per heavy atom. The third-order valence-electron chi connectivity index (χ3n) is 9.17. The van der Waals surface area contributed by atoms with Crippen LogP contribution >= 0.6 is 0 Å². The van der Waals surface area contributed by atoms with Crippen molar-refractivity contribution in [3.8, 4) is 0 Å². The van der Waals surface area contributed by atoms with E-state index < -0.39 is 5.97 Å². The summed E-state index contributed by atoms with van der Waals surface area (Å²) in [6.45, 7) is 4.68. The Kier molecular flexibility index (Phi) is 5.08. The number of carboxylic acid groups (broad SMARTS) is 1. The van der Waals surface area contributed by atoms with Crippen LogP contribution in [0.2, 0.25) is 0 Å². The molecule has 0 aromatic heterocycles. The van der Waals surface area contributed by atoms with Gasteiger partial charge in [-0.1, -0.05) is 13.8 Å². The van der Waals surface area contributed by atoms with E-state index in [-0.39, 0.29) is 30.3 Å². The Labute approximate surface area is 167 Å². The fraction of sp³-hybridized carbons (Fsp3) is 0.870. The van der Waals surface area contributed by atoms with Gasteiger partial charge in [-0.25, -0.2) is 0 Å². The number of hydrogen-bond acceptors (Lipinski definition) is 4. The summed E-state index contributed by atoms with van der Waals surface area (Å²) in [6, 6.07) is 0. The predicted octanol–water partition coefficient (Wildman–Crippen LogP) is 4.37. The lowest BCUT2D eigenvalue weighted by molar-refractivity contribution is -0.163. The molecule has 0 saturated heterocycles. The molecule has 28 heavy (non-hydrogen) atoms. The van der Waals surface area contributed by atoms with E-state index in [4.69, 9.17) is 9.84 Å². The van der Waals surface area contributed by atoms with E-state index in [9.17, 15) is 14.4 Å². The number of carboxylic acids is 1. The zero-order valence-electron chi connectivity index (χ0n) is 17.2. The quantitative estimate of drug-likeness (QED) is 0.721. The second-order valence-electron chi connectivity index (χ2n) is 10.4. The number of carbonyl (C=O) groups is 3. The highest BCUT2D eigenvalue weighted by molar-refractivity contribution is 5.87. The van der Waals surface area contributed by atoms with E-state index in [2.05, 4.69) is 13.8 Å². The first-order valence-corrected chi connectivity index (χ1v) is 11.2. The summed E-state index contributed by atoms with van der Waals surface area (Å²) in [4.78, 5) is 35.1. The van der Waals surface area contributed by atoms with Crippen molar-refractivity contribution in [2.24, 2.45) is 34.5 Å². The number of carbonyl (C=O) groups excluding carboxylic acids is 2. The van der Waals surface area contributed by atoms with Crippen molar-refractivity contribution in [2.45, 2.75) is 90.6 Å². The standard InChI is InChI=1S/C23H34O5/c1-22-11-9-15(28-21(27)8-7-20(25)26)13-14(22)3-4-16-17-5-6-19(24)23(17,2)12-10-18(16)22/h14-18H,3-13H2,1-2H3,(H,25,26)/t14-,15-,16+,17-,18+,22-,23-/m0/s1. The van der Waals surface area contributed by atoms with Crippen molar-refractivity contribution in [1.82, 2.24) is 0 Å². The Morgan fingerprint density at radius 1 is 1.04 bits per heavy atom. The first-order chi connectivity index (χ1) is 13.2. The van der Waals surface area contributed by atoms with Crippen LogP contribution in [0.25, 0.3) is 0 Å². The maximum absolute atomic E-state index is 12.5. The minimum Gasteiger partial charge on any atom is -0.481 e. The zero-order valence-corrected chi connectivity index (χ0v) is 17.2. The van der Waals surface area contributed by atoms with Crippen LogP contribution in [0.5, 0.6) is 0 Å². The average Bonchev–Trinajstić information content (AvgIpc) is 2.95. The normalized spacial score (nSPS) is 44.9. The van der Waals surface area contributed by atoms with E-state index in [1.165, 1.54) is 19.3 Å². The zero-order chi connectivity index (χ0) is 20.1. The summed E-state index contributed by atoms with van der Waals surface area (Å²) in [5, 5.41) is 8.74. The fourth-order valence-corrected chi connectivity index (χ4v) is 7.55. The van der Waals surface area contributed by atoms with E-state index in [0.717, 1.165) is 38.5 Å². The fourth-order valence-electron chi connectivity index (χ4n) is 7.55. The van der Waals surface area contributed by atoms with Gasteiger partial charge in [0.1, 0.15) is 11.9 Å². The second-order valence-corrected chi connectivity index (χ2v) is 10.4. The van der Waals surface area contributed by atoms with Crippen LogP contribution in [-0.2, 0) is 19.1 Å². The summed E-state index contributed by atoms with van der Waals surface area (Å²) < 4.78 is 5.62. The molecule has 1 N–H and O–H groups in total. The molecule has 0 amide bonds. The summed E-state index contributed by atoms with van der Waals surface area (Å²) in [6.07, 6.45) is 9.08. The first-order valence-electron chi connectivity index (χ1n) is 11.2. The molecule has 0 heterocycles. The Hall–Kier alpha value is -1.39. The van der Waals surface area contributed by atoms with Crippen molar-refractivity contribution in [3.63, 3.8) is 0 Å². The molecular formula is C23H34O5. The minimum atomic E-state index is -0.957. The van der Waals surface area contributed by atoms with E-state index >= 15 is 0 Å². The largest absolute Gasteiger partial charge is 0.481 e. The molecular weight excluding hydrogens is 356 g/mol. The third kappa shape index (κ3) is 3.19. The van der Waals surface area contributed by atoms with Gasteiger partial charge in [-0.3, -0.25) is 14.4 Å². The van der Waals surface area contributed by atoms with Gasteiger partial charge in [-0.05, 0) is 80.5 Å². The van der Waals surface area contributed by atoms with Gasteiger partial charge in [0.25, 0.3) is 0 Å². The van der Waals surface area contributed by atoms with Crippen molar-refractivity contribution < 1.29 is 24.2 Å². The lowest BCUT2D eigenvalue weighted by atomic mass is 9.45. The van der Waals surface area contributed by atoms with E-state index in [0.29, 0.717) is 34.9 Å². The lowest BCUT2D eigenvalue weighted by Gasteiger charge is -2.60. The van der Waals surface area contributed by atoms with Crippen LogP contribution in [0, 0.1) is 34.5 Å². The van der Waals surface area contributed by atoms with Gasteiger partial charge in [0.15, 0.2) is 0 Å². The van der Waals surface area contributed by atoms with Gasteiger partial charge >= 0.3 is 11.9 Å². The lowest BCUT2D eigenvalue weighted by Crippen LogP contribution is -2.54. The Balaban J connectivity index is 1.41. The predicted molar refractivity (Wildman–Crippen MR) is 103 cm³/mol. The SMILES string of the molecule is C[C@]12CC[C@H](OC(=O)CCC(=O)O)C[C@@H]1CC[C@H]1[C@H]2CC[C@]2(C)C(=O)CC[C@@H]12. The van der Waals surface area contributed by atoms with Crippen LogP contribution in [0.15, 0.2) is 0 Å². The Morgan fingerprint density at radius 3 is 2.57 bits per heavy atom. The summed E-state index contributed by atoms with van der Waals surface area (Å²) >= 11 is 0. The summed E-state index contributed by atoms with van der Waals surface area (Å²) in [5.41, 5.74) is 0.223. The number of ketones is 1. The van der Waals surface area contributed by atoms with Crippen LogP contribution < -0.4 is 0 Å². The van der Waals surface area contributed by atoms with Gasteiger partial charge in [0, 0.05) is 11.8 Å². The van der Waals surface area contributed by atoms with Gasteiger partial charge < -0.3 is 9.84 Å². The number of esters is 1. The molecule has 0 spiro atoms. The van der Waals surface area contributed by atoms with Crippen molar-refractivity contribution in [3.05, 3.63) is 0 Å². The smallest absolute Gasteiger partial charge is 0.306 e. The minimum absolute atomic E-state index is 0.0350. The average molecular weight is 391 g/mol. The molecule has 7 atom stereocenters. The molecule has 4 rings (SSSR count). The van der Waals surface area contributed by atoms with Crippen LogP contribution in [-0.4, -0.2) is 28.9 Å². The van der Waals surface area contributed by atoms with E-state index in [1.807, 2.05) is 0 Å². The number of ether oxygens (including phenoxy) is 1. The van der Waals surface area contributed by atoms with Crippen molar-refractivity contribution in [2.75, 3.05) is 0 Å². The maximum atomic E-state index is 12.5. The number of fused-ring (bicyclic) bond motifs is 5. The molecule has 4 saturated carbocycles. The van der Waals surface area contributed by atoms with Gasteiger partial charge in [-0.2, -0.15) is 0 Å². The molecule has 0 aromatic carbocycles. The van der Waals surface area contributed by atoms with Gasteiger partial charge in [0.05, 0.1) is 12.8 Å². The highest BCUT2D eigenvalue weighted by Crippen LogP contribution is 2.65. The number of Topliss-reactive ketones (excluding diaryl/α,β-unsaturated/α-hetero) is 1. The number of rotatable bonds is 4. The van der Waals surface area contributed by atoms with Crippen LogP contribution in [0.3, 0.4) is 0 Å². The molecule has 0 aliphatic heterocycles. The maximum Gasteiger partial charge on any atom is 0.306 e. The molecule has 4 aliphatic carbocycles. The summed E-state index contributed by atoms with van der Waals surface area (Å²) in [5.74, 6) is 1.69. The molecule has 0 radical (unpaired) electrons. The third-order valence-corrected chi connectivity index (χ3v) is 9.17. The highest BCUT2D eigenvalue weighted by Gasteiger charge is 2.60. The first kappa shape index (κ1) is 19.9.